The smallest absolute Gasteiger partial charge is 0.348 e. The summed E-state index contributed by atoms with van der Waals surface area (Å²) < 4.78 is 28.2. The topological polar surface area (TPSA) is 80.8 Å². The van der Waals surface area contributed by atoms with Crippen LogP contribution in [0.3, 0.4) is 0 Å². The number of thiophene rings is 1. The van der Waals surface area contributed by atoms with Gasteiger partial charge in [-0.15, -0.1) is 11.3 Å². The van der Waals surface area contributed by atoms with Crippen molar-refractivity contribution in [3.63, 3.8) is 0 Å². The molecule has 6 nitrogen and oxygen atoms in total. The van der Waals surface area contributed by atoms with Crippen LogP contribution in [-0.4, -0.2) is 56.4 Å². The van der Waals surface area contributed by atoms with E-state index in [4.69, 9.17) is 4.74 Å². The van der Waals surface area contributed by atoms with Gasteiger partial charge >= 0.3 is 5.97 Å². The Balaban J connectivity index is 1.54. The first-order valence-corrected chi connectivity index (χ1v) is 11.1. The number of esters is 1. The lowest BCUT2D eigenvalue weighted by atomic mass is 9.90. The van der Waals surface area contributed by atoms with Crippen LogP contribution in [0.4, 0.5) is 0 Å². The van der Waals surface area contributed by atoms with E-state index in [-0.39, 0.29) is 30.1 Å². The molecule has 8 heteroatoms. The number of hydrogen-bond acceptors (Lipinski definition) is 6. The molecule has 1 aliphatic heterocycles. The zero-order valence-corrected chi connectivity index (χ0v) is 16.1. The van der Waals surface area contributed by atoms with Crippen molar-refractivity contribution in [2.24, 2.45) is 5.92 Å². The summed E-state index contributed by atoms with van der Waals surface area (Å²) in [5, 5.41) is 0. The lowest BCUT2D eigenvalue weighted by Gasteiger charge is -2.23. The molecule has 1 aliphatic carbocycles. The van der Waals surface area contributed by atoms with E-state index in [0.29, 0.717) is 17.2 Å². The maximum Gasteiger partial charge on any atom is 0.348 e. The van der Waals surface area contributed by atoms with Gasteiger partial charge in [-0.1, -0.05) is 6.92 Å². The van der Waals surface area contributed by atoms with Gasteiger partial charge in [0.2, 0.25) is 0 Å². The number of likely N-dealkylation sites (N-methyl/N-ethyl adjacent to an activating group) is 1. The summed E-state index contributed by atoms with van der Waals surface area (Å²) in [6.07, 6.45) is 3.55. The van der Waals surface area contributed by atoms with E-state index in [1.807, 2.05) is 6.07 Å². The number of carbonyl (C=O) groups excluding carboxylic acids is 2. The van der Waals surface area contributed by atoms with Crippen LogP contribution in [0.25, 0.3) is 0 Å². The first-order chi connectivity index (χ1) is 11.7. The molecule has 1 saturated heterocycles. The average molecular weight is 386 g/mol. The fraction of sp³-hybridized carbons (Fsp3) is 0.647. The van der Waals surface area contributed by atoms with Gasteiger partial charge in [0.05, 0.1) is 11.5 Å². The molecule has 0 aromatic carbocycles. The second kappa shape index (κ2) is 7.07. The minimum atomic E-state index is -3.05. The van der Waals surface area contributed by atoms with E-state index in [9.17, 15) is 18.0 Å². The highest BCUT2D eigenvalue weighted by Gasteiger charge is 2.33. The quantitative estimate of drug-likeness (QED) is 0.737. The normalized spacial score (nSPS) is 24.6. The zero-order valence-electron chi connectivity index (χ0n) is 14.5. The third-order valence-electron chi connectivity index (χ3n) is 5.01. The fourth-order valence-corrected chi connectivity index (χ4v) is 6.27. The molecule has 3 rings (SSSR count). The molecule has 1 aromatic heterocycles. The number of nitrogens with zero attached hydrogens (tertiary/aromatic N) is 1. The highest BCUT2D eigenvalue weighted by atomic mass is 32.2. The first kappa shape index (κ1) is 18.4. The Hall–Kier alpha value is -1.41. The van der Waals surface area contributed by atoms with Crippen LogP contribution in [0.1, 0.15) is 39.9 Å². The summed E-state index contributed by atoms with van der Waals surface area (Å²) in [4.78, 5) is 27.6. The van der Waals surface area contributed by atoms with E-state index in [2.05, 4.69) is 6.92 Å². The zero-order chi connectivity index (χ0) is 18.2. The van der Waals surface area contributed by atoms with Crippen molar-refractivity contribution >= 4 is 33.1 Å². The summed E-state index contributed by atoms with van der Waals surface area (Å²) in [6.45, 7) is 1.85. The molecule has 0 unspecified atom stereocenters. The third kappa shape index (κ3) is 4.23. The van der Waals surface area contributed by atoms with Crippen molar-refractivity contribution < 1.29 is 22.7 Å². The molecular formula is C17H23NO5S2. The molecule has 0 radical (unpaired) electrons. The van der Waals surface area contributed by atoms with Crippen molar-refractivity contribution in [2.75, 3.05) is 25.2 Å². The molecule has 1 amide bonds. The van der Waals surface area contributed by atoms with E-state index < -0.39 is 15.8 Å². The maximum absolute atomic E-state index is 12.2. The number of fused-ring (bicyclic) bond motifs is 1. The lowest BCUT2D eigenvalue weighted by Crippen LogP contribution is -2.40. The maximum atomic E-state index is 12.2. The molecule has 0 saturated carbocycles. The van der Waals surface area contributed by atoms with Gasteiger partial charge < -0.3 is 9.64 Å². The monoisotopic (exact) mass is 385 g/mol. The van der Waals surface area contributed by atoms with E-state index in [1.54, 1.807) is 7.05 Å². The molecule has 2 aliphatic rings. The highest BCUT2D eigenvalue weighted by Crippen LogP contribution is 2.32. The second-order valence-corrected chi connectivity index (χ2v) is 10.4. The van der Waals surface area contributed by atoms with Crippen LogP contribution >= 0.6 is 11.3 Å². The van der Waals surface area contributed by atoms with Crippen LogP contribution in [-0.2, 0) is 32.2 Å². The molecular weight excluding hydrogens is 362 g/mol. The first-order valence-electron chi connectivity index (χ1n) is 8.50. The predicted molar refractivity (Wildman–Crippen MR) is 95.6 cm³/mol. The van der Waals surface area contributed by atoms with Gasteiger partial charge in [-0.2, -0.15) is 0 Å². The Kier molecular flexibility index (Phi) is 5.20. The van der Waals surface area contributed by atoms with Crippen molar-refractivity contribution in [1.29, 1.82) is 0 Å². The van der Waals surface area contributed by atoms with Crippen LogP contribution in [0.15, 0.2) is 6.07 Å². The van der Waals surface area contributed by atoms with Gasteiger partial charge in [0.25, 0.3) is 5.91 Å². The molecule has 0 spiro atoms. The predicted octanol–water partition coefficient (Wildman–Crippen LogP) is 1.68. The van der Waals surface area contributed by atoms with Crippen LogP contribution in [0.2, 0.25) is 0 Å². The summed E-state index contributed by atoms with van der Waals surface area (Å²) in [6, 6.07) is 1.56. The fourth-order valence-electron chi connectivity index (χ4n) is 3.39. The lowest BCUT2D eigenvalue weighted by molar-refractivity contribution is -0.134. The average Bonchev–Trinajstić information content (AvgIpc) is 3.14. The highest BCUT2D eigenvalue weighted by molar-refractivity contribution is 7.91. The van der Waals surface area contributed by atoms with Gasteiger partial charge in [0.15, 0.2) is 16.4 Å². The summed E-state index contributed by atoms with van der Waals surface area (Å²) >= 11 is 1.45. The Morgan fingerprint density at radius 1 is 1.36 bits per heavy atom. The molecule has 1 fully saturated rings. The largest absolute Gasteiger partial charge is 0.451 e. The SMILES string of the molecule is C[C@H]1CCc2sc(C(=O)OCC(=O)N(C)[C@H]3CCS(=O)(=O)C3)cc2C1. The van der Waals surface area contributed by atoms with Crippen molar-refractivity contribution in [3.8, 4) is 0 Å². The van der Waals surface area contributed by atoms with Crippen LogP contribution in [0.5, 0.6) is 0 Å². The number of rotatable bonds is 4. The van der Waals surface area contributed by atoms with Crippen molar-refractivity contribution in [2.45, 2.75) is 38.6 Å². The van der Waals surface area contributed by atoms with Crippen molar-refractivity contribution in [3.05, 3.63) is 21.4 Å². The van der Waals surface area contributed by atoms with Gasteiger partial charge in [-0.3, -0.25) is 4.79 Å². The van der Waals surface area contributed by atoms with Crippen LogP contribution in [0, 0.1) is 5.92 Å². The Bertz CT molecular complexity index is 783. The number of hydrogen-bond donors (Lipinski definition) is 0. The summed E-state index contributed by atoms with van der Waals surface area (Å²) in [7, 11) is -1.49. The minimum absolute atomic E-state index is 0.0149. The third-order valence-corrected chi connectivity index (χ3v) is 7.97. The molecule has 0 bridgehead atoms. The number of carbonyl (C=O) groups is 2. The summed E-state index contributed by atoms with van der Waals surface area (Å²) in [5.74, 6) is -0.130. The summed E-state index contributed by atoms with van der Waals surface area (Å²) in [5.41, 5.74) is 1.22. The molecule has 1 aromatic rings. The number of sulfone groups is 1. The molecule has 25 heavy (non-hydrogen) atoms. The molecule has 138 valence electrons. The Morgan fingerprint density at radius 2 is 2.12 bits per heavy atom. The minimum Gasteiger partial charge on any atom is -0.451 e. The van der Waals surface area contributed by atoms with Crippen molar-refractivity contribution in [1.82, 2.24) is 4.90 Å². The number of amides is 1. The van der Waals surface area contributed by atoms with E-state index in [0.717, 1.165) is 19.3 Å². The molecule has 0 N–H and O–H groups in total. The Labute approximate surface area is 152 Å². The Morgan fingerprint density at radius 3 is 2.80 bits per heavy atom. The van der Waals surface area contributed by atoms with Gasteiger partial charge in [-0.05, 0) is 43.2 Å². The number of aryl methyl sites for hydroxylation is 1. The van der Waals surface area contributed by atoms with E-state index >= 15 is 0 Å². The standard InChI is InChI=1S/C17H23NO5S2/c1-11-3-4-14-12(7-11)8-15(24-14)17(20)23-9-16(19)18(2)13-5-6-25(21,22)10-13/h8,11,13H,3-7,9-10H2,1-2H3/t11-,13-/m0/s1. The second-order valence-electron chi connectivity index (χ2n) is 7.04. The van der Waals surface area contributed by atoms with Gasteiger partial charge in [0, 0.05) is 18.0 Å². The van der Waals surface area contributed by atoms with Gasteiger partial charge in [0.1, 0.15) is 4.88 Å². The van der Waals surface area contributed by atoms with Gasteiger partial charge in [-0.25, -0.2) is 13.2 Å². The number of ether oxygens (including phenoxy) is 1. The molecule has 2 heterocycles. The molecule has 2 atom stereocenters. The van der Waals surface area contributed by atoms with Crippen LogP contribution < -0.4 is 0 Å². The van der Waals surface area contributed by atoms with E-state index in [1.165, 1.54) is 26.7 Å².